The first-order valence-electron chi connectivity index (χ1n) is 5.97. The highest BCUT2D eigenvalue weighted by Gasteiger charge is 2.13. The third kappa shape index (κ3) is 4.37. The van der Waals surface area contributed by atoms with Gasteiger partial charge in [-0.2, -0.15) is 0 Å². The molecule has 0 spiro atoms. The number of halogens is 1. The van der Waals surface area contributed by atoms with Crippen molar-refractivity contribution in [1.82, 2.24) is 0 Å². The molecule has 102 valence electrons. The van der Waals surface area contributed by atoms with Crippen molar-refractivity contribution < 1.29 is 9.47 Å². The Labute approximate surface area is 114 Å². The summed E-state index contributed by atoms with van der Waals surface area (Å²) >= 11 is 6.22. The molecule has 0 fully saturated rings. The van der Waals surface area contributed by atoms with Crippen LogP contribution < -0.4 is 10.6 Å². The number of methoxy groups -OCH3 is 2. The maximum Gasteiger partial charge on any atom is 0.0789 e. The standard InChI is InChI=1S/C13H21ClN2O2/c1-17-9-4-7-16(8-10-18-2)13-11(14)5-3-6-12(13)15/h3,5-6H,4,7-10,15H2,1-2H3. The Morgan fingerprint density at radius 2 is 1.89 bits per heavy atom. The third-order valence-corrected chi connectivity index (χ3v) is 2.98. The Balaban J connectivity index is 2.79. The molecule has 18 heavy (non-hydrogen) atoms. The number of para-hydroxylation sites is 1. The van der Waals surface area contributed by atoms with E-state index in [4.69, 9.17) is 26.8 Å². The lowest BCUT2D eigenvalue weighted by Gasteiger charge is -2.26. The number of rotatable bonds is 8. The second-order valence-electron chi connectivity index (χ2n) is 4.00. The van der Waals surface area contributed by atoms with Crippen molar-refractivity contribution in [2.24, 2.45) is 0 Å². The van der Waals surface area contributed by atoms with Gasteiger partial charge in [0.05, 0.1) is 23.0 Å². The Bertz CT molecular complexity index is 341. The molecule has 5 heteroatoms. The Morgan fingerprint density at radius 3 is 2.50 bits per heavy atom. The summed E-state index contributed by atoms with van der Waals surface area (Å²) in [4.78, 5) is 2.14. The fourth-order valence-corrected chi connectivity index (χ4v) is 2.10. The summed E-state index contributed by atoms with van der Waals surface area (Å²) in [7, 11) is 3.38. The highest BCUT2D eigenvalue weighted by molar-refractivity contribution is 6.34. The van der Waals surface area contributed by atoms with Crippen LogP contribution in [-0.4, -0.2) is 40.5 Å². The molecule has 4 nitrogen and oxygen atoms in total. The SMILES string of the molecule is COCCCN(CCOC)c1c(N)cccc1Cl. The van der Waals surface area contributed by atoms with E-state index in [1.54, 1.807) is 14.2 Å². The minimum atomic E-state index is 0.637. The third-order valence-electron chi connectivity index (χ3n) is 2.68. The van der Waals surface area contributed by atoms with Crippen LogP contribution in [0, 0.1) is 0 Å². The number of hydrogen-bond donors (Lipinski definition) is 1. The van der Waals surface area contributed by atoms with Gasteiger partial charge >= 0.3 is 0 Å². The molecule has 1 rings (SSSR count). The molecule has 0 aliphatic heterocycles. The normalized spacial score (nSPS) is 10.6. The molecular formula is C13H21ClN2O2. The minimum absolute atomic E-state index is 0.637. The van der Waals surface area contributed by atoms with E-state index in [2.05, 4.69) is 4.90 Å². The summed E-state index contributed by atoms with van der Waals surface area (Å²) in [6, 6.07) is 5.56. The molecule has 0 atom stereocenters. The van der Waals surface area contributed by atoms with E-state index >= 15 is 0 Å². The highest BCUT2D eigenvalue weighted by Crippen LogP contribution is 2.31. The second kappa shape index (κ2) is 8.19. The van der Waals surface area contributed by atoms with Crippen LogP contribution in [0.2, 0.25) is 5.02 Å². The summed E-state index contributed by atoms with van der Waals surface area (Å²) in [5.74, 6) is 0. The molecule has 0 unspecified atom stereocenters. The van der Waals surface area contributed by atoms with E-state index in [9.17, 15) is 0 Å². The van der Waals surface area contributed by atoms with Gasteiger partial charge in [0.1, 0.15) is 0 Å². The van der Waals surface area contributed by atoms with Crippen LogP contribution >= 0.6 is 11.6 Å². The summed E-state index contributed by atoms with van der Waals surface area (Å²) in [5, 5.41) is 0.670. The van der Waals surface area contributed by atoms with Crippen molar-refractivity contribution in [2.75, 3.05) is 51.2 Å². The molecule has 2 N–H and O–H groups in total. The predicted molar refractivity (Wildman–Crippen MR) is 76.4 cm³/mol. The maximum atomic E-state index is 6.22. The lowest BCUT2D eigenvalue weighted by molar-refractivity contribution is 0.191. The van der Waals surface area contributed by atoms with Crippen molar-refractivity contribution >= 4 is 23.0 Å². The molecule has 1 aromatic rings. The fourth-order valence-electron chi connectivity index (χ4n) is 1.80. The van der Waals surface area contributed by atoms with Crippen molar-refractivity contribution in [2.45, 2.75) is 6.42 Å². The average molecular weight is 273 g/mol. The molecule has 0 bridgehead atoms. The highest BCUT2D eigenvalue weighted by atomic mass is 35.5. The lowest BCUT2D eigenvalue weighted by atomic mass is 10.2. The van der Waals surface area contributed by atoms with Crippen LogP contribution in [0.15, 0.2) is 18.2 Å². The first-order valence-corrected chi connectivity index (χ1v) is 6.35. The molecule has 0 heterocycles. The van der Waals surface area contributed by atoms with Crippen LogP contribution in [0.1, 0.15) is 6.42 Å². The van der Waals surface area contributed by atoms with Gasteiger partial charge in [0.15, 0.2) is 0 Å². The van der Waals surface area contributed by atoms with Gasteiger partial charge in [0, 0.05) is 33.9 Å². The van der Waals surface area contributed by atoms with Crippen LogP contribution in [0.4, 0.5) is 11.4 Å². The summed E-state index contributed by atoms with van der Waals surface area (Å²) in [5.41, 5.74) is 7.57. The van der Waals surface area contributed by atoms with Crippen molar-refractivity contribution in [3.05, 3.63) is 23.2 Å². The van der Waals surface area contributed by atoms with Crippen molar-refractivity contribution in [3.8, 4) is 0 Å². The molecule has 1 aromatic carbocycles. The monoisotopic (exact) mass is 272 g/mol. The molecule has 0 saturated carbocycles. The minimum Gasteiger partial charge on any atom is -0.397 e. The number of benzene rings is 1. The van der Waals surface area contributed by atoms with E-state index in [0.29, 0.717) is 23.9 Å². The number of nitrogens with zero attached hydrogens (tertiary/aromatic N) is 1. The molecule has 0 aromatic heterocycles. The number of ether oxygens (including phenoxy) is 2. The van der Waals surface area contributed by atoms with E-state index in [1.807, 2.05) is 18.2 Å². The topological polar surface area (TPSA) is 47.7 Å². The van der Waals surface area contributed by atoms with E-state index < -0.39 is 0 Å². The lowest BCUT2D eigenvalue weighted by Crippen LogP contribution is -2.30. The van der Waals surface area contributed by atoms with Crippen LogP contribution in [-0.2, 0) is 9.47 Å². The number of nitrogens with two attached hydrogens (primary N) is 1. The Hall–Kier alpha value is -0.970. The summed E-state index contributed by atoms with van der Waals surface area (Å²) in [6.07, 6.45) is 0.922. The second-order valence-corrected chi connectivity index (χ2v) is 4.41. The largest absolute Gasteiger partial charge is 0.397 e. The van der Waals surface area contributed by atoms with Crippen LogP contribution in [0.5, 0.6) is 0 Å². The van der Waals surface area contributed by atoms with E-state index in [1.165, 1.54) is 0 Å². The van der Waals surface area contributed by atoms with E-state index in [0.717, 1.165) is 25.2 Å². The molecule has 0 aliphatic carbocycles. The average Bonchev–Trinajstić information content (AvgIpc) is 2.35. The first-order chi connectivity index (χ1) is 8.70. The molecule has 0 aliphatic rings. The fraction of sp³-hybridized carbons (Fsp3) is 0.538. The Kier molecular flexibility index (Phi) is 6.86. The van der Waals surface area contributed by atoms with Gasteiger partial charge < -0.3 is 20.1 Å². The molecule has 0 radical (unpaired) electrons. The molecule has 0 saturated heterocycles. The Morgan fingerprint density at radius 1 is 1.17 bits per heavy atom. The summed E-state index contributed by atoms with van der Waals surface area (Å²) in [6.45, 7) is 2.95. The van der Waals surface area contributed by atoms with Gasteiger partial charge in [-0.1, -0.05) is 17.7 Å². The van der Waals surface area contributed by atoms with Gasteiger partial charge in [-0.3, -0.25) is 0 Å². The number of nitrogen functional groups attached to an aromatic ring is 1. The van der Waals surface area contributed by atoms with Gasteiger partial charge in [0.25, 0.3) is 0 Å². The quantitative estimate of drug-likeness (QED) is 0.583. The van der Waals surface area contributed by atoms with Gasteiger partial charge in [0.2, 0.25) is 0 Å². The van der Waals surface area contributed by atoms with Crippen LogP contribution in [0.3, 0.4) is 0 Å². The zero-order valence-electron chi connectivity index (χ0n) is 11.0. The van der Waals surface area contributed by atoms with Crippen molar-refractivity contribution in [3.63, 3.8) is 0 Å². The molecular weight excluding hydrogens is 252 g/mol. The van der Waals surface area contributed by atoms with Crippen LogP contribution in [0.25, 0.3) is 0 Å². The first kappa shape index (κ1) is 15.1. The van der Waals surface area contributed by atoms with Crippen molar-refractivity contribution in [1.29, 1.82) is 0 Å². The van der Waals surface area contributed by atoms with Gasteiger partial charge in [-0.15, -0.1) is 0 Å². The number of hydrogen-bond acceptors (Lipinski definition) is 4. The maximum absolute atomic E-state index is 6.22. The zero-order valence-corrected chi connectivity index (χ0v) is 11.7. The van der Waals surface area contributed by atoms with Gasteiger partial charge in [-0.05, 0) is 18.6 Å². The summed E-state index contributed by atoms with van der Waals surface area (Å²) < 4.78 is 10.2. The van der Waals surface area contributed by atoms with E-state index in [-0.39, 0.29) is 0 Å². The molecule has 0 amide bonds. The zero-order chi connectivity index (χ0) is 13.4. The predicted octanol–water partition coefficient (Wildman–Crippen LogP) is 2.41. The number of anilines is 2. The van der Waals surface area contributed by atoms with Gasteiger partial charge in [-0.25, -0.2) is 0 Å². The smallest absolute Gasteiger partial charge is 0.0789 e.